The number of nitrogens with one attached hydrogen (secondary N) is 1. The summed E-state index contributed by atoms with van der Waals surface area (Å²) in [7, 11) is -2.97. The van der Waals surface area contributed by atoms with Crippen molar-refractivity contribution in [1.29, 1.82) is 0 Å². The van der Waals surface area contributed by atoms with Crippen LogP contribution in [0.4, 0.5) is 0 Å². The molecule has 1 aliphatic carbocycles. The minimum absolute atomic E-state index is 0.00116. The summed E-state index contributed by atoms with van der Waals surface area (Å²) in [5.41, 5.74) is 0. The SMILES string of the molecule is CC(=O)N(CCC(=O)NC1CCS(=O)(=O)C1)C1CC1. The molecule has 19 heavy (non-hydrogen) atoms. The maximum Gasteiger partial charge on any atom is 0.222 e. The van der Waals surface area contributed by atoms with Crippen LogP contribution in [0.25, 0.3) is 0 Å². The van der Waals surface area contributed by atoms with Crippen LogP contribution in [0.5, 0.6) is 0 Å². The predicted octanol–water partition coefficient (Wildman–Crippen LogP) is -0.309. The maximum atomic E-state index is 11.7. The van der Waals surface area contributed by atoms with Gasteiger partial charge in [0.1, 0.15) is 0 Å². The molecule has 1 atom stereocenters. The molecule has 1 N–H and O–H groups in total. The first kappa shape index (κ1) is 14.3. The second kappa shape index (κ2) is 5.48. The summed E-state index contributed by atoms with van der Waals surface area (Å²) in [6, 6.07) is 0.0429. The van der Waals surface area contributed by atoms with Crippen molar-refractivity contribution in [3.63, 3.8) is 0 Å². The average Bonchev–Trinajstić information content (AvgIpc) is 3.04. The molecule has 0 aromatic rings. The first-order chi connectivity index (χ1) is 8.87. The Balaban J connectivity index is 1.74. The van der Waals surface area contributed by atoms with Crippen LogP contribution in [0, 0.1) is 0 Å². The fourth-order valence-electron chi connectivity index (χ4n) is 2.41. The first-order valence-corrected chi connectivity index (χ1v) is 8.46. The van der Waals surface area contributed by atoms with Crippen LogP contribution in [0.3, 0.4) is 0 Å². The highest BCUT2D eigenvalue weighted by atomic mass is 32.2. The molecule has 7 heteroatoms. The Morgan fingerprint density at radius 3 is 2.42 bits per heavy atom. The molecule has 0 bridgehead atoms. The molecule has 1 saturated carbocycles. The van der Waals surface area contributed by atoms with Gasteiger partial charge in [-0.25, -0.2) is 8.42 Å². The molecule has 1 saturated heterocycles. The first-order valence-electron chi connectivity index (χ1n) is 6.64. The standard InChI is InChI=1S/C12H20N2O4S/c1-9(15)14(11-2-3-11)6-4-12(16)13-10-5-7-19(17,18)8-10/h10-11H,2-8H2,1H3,(H,13,16). The van der Waals surface area contributed by atoms with Crippen molar-refractivity contribution in [2.45, 2.75) is 44.7 Å². The summed E-state index contributed by atoms with van der Waals surface area (Å²) in [4.78, 5) is 24.8. The molecule has 1 unspecified atom stereocenters. The van der Waals surface area contributed by atoms with Crippen molar-refractivity contribution in [3.05, 3.63) is 0 Å². The van der Waals surface area contributed by atoms with E-state index in [-0.39, 0.29) is 35.8 Å². The lowest BCUT2D eigenvalue weighted by atomic mass is 10.2. The van der Waals surface area contributed by atoms with Gasteiger partial charge in [0.25, 0.3) is 0 Å². The number of sulfone groups is 1. The van der Waals surface area contributed by atoms with Crippen LogP contribution >= 0.6 is 0 Å². The third-order valence-corrected chi connectivity index (χ3v) is 5.34. The van der Waals surface area contributed by atoms with Gasteiger partial charge < -0.3 is 10.2 Å². The smallest absolute Gasteiger partial charge is 0.222 e. The Morgan fingerprint density at radius 2 is 1.95 bits per heavy atom. The van der Waals surface area contributed by atoms with E-state index in [4.69, 9.17) is 0 Å². The van der Waals surface area contributed by atoms with Crippen LogP contribution in [-0.2, 0) is 19.4 Å². The summed E-state index contributed by atoms with van der Waals surface area (Å²) in [5.74, 6) is 0.0185. The molecule has 0 aromatic carbocycles. The van der Waals surface area contributed by atoms with E-state index < -0.39 is 9.84 Å². The van der Waals surface area contributed by atoms with Crippen LogP contribution in [0.2, 0.25) is 0 Å². The van der Waals surface area contributed by atoms with Crippen molar-refractivity contribution in [1.82, 2.24) is 10.2 Å². The Hall–Kier alpha value is -1.11. The second-order valence-corrected chi connectivity index (χ2v) is 7.59. The van der Waals surface area contributed by atoms with Gasteiger partial charge in [-0.1, -0.05) is 0 Å². The Labute approximate surface area is 113 Å². The molecule has 0 spiro atoms. The number of amides is 2. The van der Waals surface area contributed by atoms with Crippen molar-refractivity contribution in [2.24, 2.45) is 0 Å². The van der Waals surface area contributed by atoms with Gasteiger partial charge in [-0.3, -0.25) is 9.59 Å². The molecule has 2 aliphatic rings. The summed E-state index contributed by atoms with van der Waals surface area (Å²) in [6.07, 6.45) is 2.77. The topological polar surface area (TPSA) is 83.6 Å². The molecular weight excluding hydrogens is 268 g/mol. The highest BCUT2D eigenvalue weighted by Crippen LogP contribution is 2.26. The minimum Gasteiger partial charge on any atom is -0.352 e. The molecule has 1 heterocycles. The zero-order valence-electron chi connectivity index (χ0n) is 11.1. The van der Waals surface area contributed by atoms with E-state index in [0.717, 1.165) is 12.8 Å². The maximum absolute atomic E-state index is 11.7. The predicted molar refractivity (Wildman–Crippen MR) is 70.2 cm³/mol. The third kappa shape index (κ3) is 4.19. The molecule has 0 radical (unpaired) electrons. The van der Waals surface area contributed by atoms with Crippen LogP contribution < -0.4 is 5.32 Å². The Bertz CT molecular complexity index is 470. The van der Waals surface area contributed by atoms with Crippen LogP contribution in [0.1, 0.15) is 32.6 Å². The lowest BCUT2D eigenvalue weighted by Crippen LogP contribution is -2.39. The Kier molecular flexibility index (Phi) is 4.13. The molecule has 2 rings (SSSR count). The highest BCUT2D eigenvalue weighted by molar-refractivity contribution is 7.91. The summed E-state index contributed by atoms with van der Waals surface area (Å²) in [5, 5.41) is 2.73. The molecule has 108 valence electrons. The number of hydrogen-bond donors (Lipinski definition) is 1. The minimum atomic E-state index is -2.97. The summed E-state index contributed by atoms with van der Waals surface area (Å²) >= 11 is 0. The van der Waals surface area contributed by atoms with Gasteiger partial charge in [0.05, 0.1) is 11.5 Å². The van der Waals surface area contributed by atoms with Gasteiger partial charge in [0, 0.05) is 32.0 Å². The van der Waals surface area contributed by atoms with Gasteiger partial charge in [0.15, 0.2) is 9.84 Å². The molecule has 6 nitrogen and oxygen atoms in total. The van der Waals surface area contributed by atoms with Gasteiger partial charge in [-0.05, 0) is 19.3 Å². The van der Waals surface area contributed by atoms with E-state index in [1.54, 1.807) is 4.90 Å². The average molecular weight is 288 g/mol. The van der Waals surface area contributed by atoms with E-state index >= 15 is 0 Å². The zero-order valence-corrected chi connectivity index (χ0v) is 11.9. The fraction of sp³-hybridized carbons (Fsp3) is 0.833. The van der Waals surface area contributed by atoms with Gasteiger partial charge in [-0.2, -0.15) is 0 Å². The number of hydrogen-bond acceptors (Lipinski definition) is 4. The Morgan fingerprint density at radius 1 is 1.26 bits per heavy atom. The van der Waals surface area contributed by atoms with Gasteiger partial charge >= 0.3 is 0 Å². The lowest BCUT2D eigenvalue weighted by Gasteiger charge is -2.20. The van der Waals surface area contributed by atoms with Crippen molar-refractivity contribution in [3.8, 4) is 0 Å². The number of nitrogens with zero attached hydrogens (tertiary/aromatic N) is 1. The fourth-order valence-corrected chi connectivity index (χ4v) is 4.09. The second-order valence-electron chi connectivity index (χ2n) is 5.36. The highest BCUT2D eigenvalue weighted by Gasteiger charge is 2.32. The monoisotopic (exact) mass is 288 g/mol. The van der Waals surface area contributed by atoms with Crippen LogP contribution in [0.15, 0.2) is 0 Å². The molecule has 0 aromatic heterocycles. The van der Waals surface area contributed by atoms with Crippen molar-refractivity contribution >= 4 is 21.7 Å². The summed E-state index contributed by atoms with van der Waals surface area (Å²) < 4.78 is 22.5. The van der Waals surface area contributed by atoms with Crippen LogP contribution in [-0.4, -0.2) is 55.3 Å². The molecular formula is C12H20N2O4S. The molecule has 2 amide bonds. The number of carbonyl (C=O) groups is 2. The third-order valence-electron chi connectivity index (χ3n) is 3.57. The van der Waals surface area contributed by atoms with E-state index in [1.165, 1.54) is 6.92 Å². The van der Waals surface area contributed by atoms with E-state index in [9.17, 15) is 18.0 Å². The zero-order chi connectivity index (χ0) is 14.0. The van der Waals surface area contributed by atoms with Gasteiger partial charge in [0.2, 0.25) is 11.8 Å². The molecule has 2 fully saturated rings. The number of rotatable bonds is 5. The van der Waals surface area contributed by atoms with E-state index in [0.29, 0.717) is 19.0 Å². The van der Waals surface area contributed by atoms with E-state index in [2.05, 4.69) is 5.32 Å². The van der Waals surface area contributed by atoms with Crippen molar-refractivity contribution in [2.75, 3.05) is 18.1 Å². The molecule has 1 aliphatic heterocycles. The van der Waals surface area contributed by atoms with E-state index in [1.807, 2.05) is 0 Å². The van der Waals surface area contributed by atoms with Crippen molar-refractivity contribution < 1.29 is 18.0 Å². The normalized spacial score (nSPS) is 25.0. The summed E-state index contributed by atoms with van der Waals surface area (Å²) in [6.45, 7) is 1.94. The number of carbonyl (C=O) groups excluding carboxylic acids is 2. The largest absolute Gasteiger partial charge is 0.352 e. The lowest BCUT2D eigenvalue weighted by molar-refractivity contribution is -0.130. The quantitative estimate of drug-likeness (QED) is 0.752. The van der Waals surface area contributed by atoms with Gasteiger partial charge in [-0.15, -0.1) is 0 Å².